The van der Waals surface area contributed by atoms with Crippen molar-refractivity contribution in [3.05, 3.63) is 12.7 Å². The molecule has 0 aromatic heterocycles. The van der Waals surface area contributed by atoms with Gasteiger partial charge in [0.25, 0.3) is 0 Å². The molecule has 18 heavy (non-hydrogen) atoms. The molecule has 0 bridgehead atoms. The molecule has 0 radical (unpaired) electrons. The summed E-state index contributed by atoms with van der Waals surface area (Å²) in [5.41, 5.74) is 0. The lowest BCUT2D eigenvalue weighted by atomic mass is 9.81. The van der Waals surface area contributed by atoms with E-state index in [1.54, 1.807) is 0 Å². The van der Waals surface area contributed by atoms with Crippen LogP contribution in [0.1, 0.15) is 25.7 Å². The van der Waals surface area contributed by atoms with Crippen molar-refractivity contribution < 1.29 is 15.3 Å². The summed E-state index contributed by atoms with van der Waals surface area (Å²) < 4.78 is 0. The van der Waals surface area contributed by atoms with Crippen molar-refractivity contribution in [2.75, 3.05) is 19.6 Å². The molecule has 2 fully saturated rings. The van der Waals surface area contributed by atoms with E-state index in [-0.39, 0.29) is 0 Å². The highest BCUT2D eigenvalue weighted by molar-refractivity contribution is 4.89. The molecule has 4 nitrogen and oxygen atoms in total. The van der Waals surface area contributed by atoms with E-state index in [9.17, 15) is 15.3 Å². The molecule has 3 N–H and O–H groups in total. The number of hydrogen-bond donors (Lipinski definition) is 3. The minimum absolute atomic E-state index is 0.472. The molecule has 1 unspecified atom stereocenters. The van der Waals surface area contributed by atoms with Crippen LogP contribution in [0.3, 0.4) is 0 Å². The molecule has 2 aliphatic rings. The lowest BCUT2D eigenvalue weighted by Gasteiger charge is -2.39. The largest absolute Gasteiger partial charge is 0.389 e. The van der Waals surface area contributed by atoms with Gasteiger partial charge in [-0.25, -0.2) is 0 Å². The highest BCUT2D eigenvalue weighted by atomic mass is 16.4. The Balaban J connectivity index is 1.78. The molecular formula is C14H25NO3. The van der Waals surface area contributed by atoms with Crippen LogP contribution in [0.4, 0.5) is 0 Å². The molecule has 104 valence electrons. The summed E-state index contributed by atoms with van der Waals surface area (Å²) in [6.45, 7) is 5.71. The Morgan fingerprint density at radius 1 is 1.00 bits per heavy atom. The molecule has 4 heteroatoms. The normalized spacial score (nSPS) is 42.7. The topological polar surface area (TPSA) is 63.9 Å². The molecular weight excluding hydrogens is 230 g/mol. The van der Waals surface area contributed by atoms with Crippen molar-refractivity contribution in [3.63, 3.8) is 0 Å². The van der Waals surface area contributed by atoms with Gasteiger partial charge in [0.2, 0.25) is 0 Å². The van der Waals surface area contributed by atoms with Gasteiger partial charge in [0.15, 0.2) is 0 Å². The van der Waals surface area contributed by atoms with E-state index in [1.165, 1.54) is 25.7 Å². The second-order valence-corrected chi connectivity index (χ2v) is 5.86. The van der Waals surface area contributed by atoms with Gasteiger partial charge in [0.1, 0.15) is 6.10 Å². The predicted octanol–water partition coefficient (Wildman–Crippen LogP) is 0.377. The first-order valence-corrected chi connectivity index (χ1v) is 6.99. The molecule has 1 saturated carbocycles. The predicted molar refractivity (Wildman–Crippen MR) is 70.1 cm³/mol. The van der Waals surface area contributed by atoms with Crippen molar-refractivity contribution in [2.45, 2.75) is 44.0 Å². The van der Waals surface area contributed by atoms with Gasteiger partial charge < -0.3 is 15.3 Å². The first kappa shape index (κ1) is 14.0. The van der Waals surface area contributed by atoms with Gasteiger partial charge in [0, 0.05) is 19.6 Å². The zero-order valence-electron chi connectivity index (χ0n) is 10.9. The summed E-state index contributed by atoms with van der Waals surface area (Å²) in [6.07, 6.45) is 4.23. The van der Waals surface area contributed by atoms with Crippen molar-refractivity contribution in [3.8, 4) is 0 Å². The molecule has 1 heterocycles. The molecule has 2 rings (SSSR count). The third kappa shape index (κ3) is 3.32. The second-order valence-electron chi connectivity index (χ2n) is 5.86. The average Bonchev–Trinajstić information content (AvgIpc) is 2.37. The number of aliphatic hydroxyl groups is 3. The van der Waals surface area contributed by atoms with E-state index in [2.05, 4.69) is 17.6 Å². The van der Waals surface area contributed by atoms with Crippen molar-refractivity contribution in [1.29, 1.82) is 0 Å². The molecule has 0 amide bonds. The Morgan fingerprint density at radius 2 is 1.56 bits per heavy atom. The van der Waals surface area contributed by atoms with Crippen molar-refractivity contribution >= 4 is 0 Å². The quantitative estimate of drug-likeness (QED) is 0.638. The minimum Gasteiger partial charge on any atom is -0.389 e. The standard InChI is InChI=1S/C14H25NO3/c1-2-10-3-5-11(6-4-10)7-15-8-12(16)14(18)13(17)9-15/h2,10-14,16-18H,1,3-9H2/t10?,11?,12-,13+,14?. The third-order valence-electron chi connectivity index (χ3n) is 4.42. The van der Waals surface area contributed by atoms with Gasteiger partial charge in [-0.2, -0.15) is 0 Å². The molecule has 0 aromatic carbocycles. The van der Waals surface area contributed by atoms with Crippen molar-refractivity contribution in [1.82, 2.24) is 4.90 Å². The molecule has 1 saturated heterocycles. The zero-order valence-corrected chi connectivity index (χ0v) is 10.9. The van der Waals surface area contributed by atoms with Crippen LogP contribution in [0.5, 0.6) is 0 Å². The minimum atomic E-state index is -0.988. The number of nitrogens with zero attached hydrogens (tertiary/aromatic N) is 1. The van der Waals surface area contributed by atoms with Crippen LogP contribution in [-0.4, -0.2) is 58.2 Å². The van der Waals surface area contributed by atoms with Crippen LogP contribution in [0.15, 0.2) is 12.7 Å². The van der Waals surface area contributed by atoms with Gasteiger partial charge in [-0.05, 0) is 37.5 Å². The van der Waals surface area contributed by atoms with E-state index in [0.717, 1.165) is 6.54 Å². The molecule has 3 atom stereocenters. The lowest BCUT2D eigenvalue weighted by molar-refractivity contribution is -0.112. The smallest absolute Gasteiger partial charge is 0.108 e. The fourth-order valence-electron chi connectivity index (χ4n) is 3.20. The Hall–Kier alpha value is -0.420. The third-order valence-corrected chi connectivity index (χ3v) is 4.42. The van der Waals surface area contributed by atoms with Crippen LogP contribution in [-0.2, 0) is 0 Å². The van der Waals surface area contributed by atoms with E-state index < -0.39 is 18.3 Å². The summed E-state index contributed by atoms with van der Waals surface area (Å²) in [5.74, 6) is 1.32. The fraction of sp³-hybridized carbons (Fsp3) is 0.857. The molecule has 1 aliphatic carbocycles. The van der Waals surface area contributed by atoms with E-state index >= 15 is 0 Å². The van der Waals surface area contributed by atoms with Crippen LogP contribution in [0.2, 0.25) is 0 Å². The van der Waals surface area contributed by atoms with Crippen LogP contribution in [0, 0.1) is 11.8 Å². The van der Waals surface area contributed by atoms with E-state index in [4.69, 9.17) is 0 Å². The van der Waals surface area contributed by atoms with Gasteiger partial charge >= 0.3 is 0 Å². The lowest BCUT2D eigenvalue weighted by Crippen LogP contribution is -2.56. The molecule has 0 aromatic rings. The SMILES string of the molecule is C=CC1CCC(CN2C[C@@H](O)C(O)[C@@H](O)C2)CC1. The number of piperidine rings is 1. The van der Waals surface area contributed by atoms with Crippen LogP contribution in [0.25, 0.3) is 0 Å². The number of likely N-dealkylation sites (tertiary alicyclic amines) is 1. The first-order chi connectivity index (χ1) is 8.60. The Bertz CT molecular complexity index is 264. The van der Waals surface area contributed by atoms with Crippen LogP contribution >= 0.6 is 0 Å². The van der Waals surface area contributed by atoms with Gasteiger partial charge in [0.05, 0.1) is 12.2 Å². The summed E-state index contributed by atoms with van der Waals surface area (Å²) in [5, 5.41) is 28.8. The second kappa shape index (κ2) is 6.15. The van der Waals surface area contributed by atoms with Gasteiger partial charge in [-0.15, -0.1) is 6.58 Å². The van der Waals surface area contributed by atoms with E-state index in [0.29, 0.717) is 24.9 Å². The summed E-state index contributed by atoms with van der Waals surface area (Å²) in [7, 11) is 0. The number of allylic oxidation sites excluding steroid dienone is 1. The average molecular weight is 255 g/mol. The van der Waals surface area contributed by atoms with Crippen molar-refractivity contribution in [2.24, 2.45) is 11.8 Å². The van der Waals surface area contributed by atoms with E-state index in [1.807, 2.05) is 0 Å². The fourth-order valence-corrected chi connectivity index (χ4v) is 3.20. The first-order valence-electron chi connectivity index (χ1n) is 6.99. The maximum atomic E-state index is 9.66. The number of hydrogen-bond acceptors (Lipinski definition) is 4. The highest BCUT2D eigenvalue weighted by Crippen LogP contribution is 2.30. The number of rotatable bonds is 3. The summed E-state index contributed by atoms with van der Waals surface area (Å²) in [6, 6.07) is 0. The summed E-state index contributed by atoms with van der Waals surface area (Å²) >= 11 is 0. The Kier molecular flexibility index (Phi) is 4.78. The Labute approximate surface area is 109 Å². The van der Waals surface area contributed by atoms with Gasteiger partial charge in [-0.1, -0.05) is 6.08 Å². The molecule has 0 spiro atoms. The monoisotopic (exact) mass is 255 g/mol. The highest BCUT2D eigenvalue weighted by Gasteiger charge is 2.34. The maximum absolute atomic E-state index is 9.66. The zero-order chi connectivity index (χ0) is 13.1. The maximum Gasteiger partial charge on any atom is 0.108 e. The van der Waals surface area contributed by atoms with Crippen LogP contribution < -0.4 is 0 Å². The number of β-amino-alcohol motifs (C(OH)–C–C–N with tert-alkyl or cyclic N) is 2. The van der Waals surface area contributed by atoms with Gasteiger partial charge in [-0.3, -0.25) is 4.90 Å². The number of aliphatic hydroxyl groups excluding tert-OH is 3. The molecule has 1 aliphatic heterocycles. The Morgan fingerprint density at radius 3 is 2.06 bits per heavy atom. The summed E-state index contributed by atoms with van der Waals surface area (Å²) in [4.78, 5) is 2.08.